The molecule has 2 aliphatic rings. The standard InChI is InChI=1S/C21H26F2N6O3S/c1-28-17(14-7-6-12(24)15(31-2)9-32-14)13(8-27-28)29-18(19(25)30)20(26)33-21(29)16-10(22)4-3-5-11(16)23/h3-5,8,12,14-15,21H,6-7,9,24,26H2,1-2H3,(H2,25,30)/t12-,14+,15+,21?/m1/s1. The van der Waals surface area contributed by atoms with Crippen LogP contribution in [0.4, 0.5) is 14.5 Å². The van der Waals surface area contributed by atoms with Gasteiger partial charge in [-0.1, -0.05) is 17.8 Å². The van der Waals surface area contributed by atoms with Crippen LogP contribution in [0.15, 0.2) is 35.1 Å². The van der Waals surface area contributed by atoms with Gasteiger partial charge >= 0.3 is 0 Å². The van der Waals surface area contributed by atoms with E-state index >= 15 is 0 Å². The summed E-state index contributed by atoms with van der Waals surface area (Å²) in [6, 6.07) is 3.37. The zero-order valence-corrected chi connectivity index (χ0v) is 19.0. The van der Waals surface area contributed by atoms with Crippen LogP contribution in [0.25, 0.3) is 0 Å². The molecule has 4 rings (SSSR count). The zero-order valence-electron chi connectivity index (χ0n) is 18.2. The predicted octanol–water partition coefficient (Wildman–Crippen LogP) is 1.76. The number of nitrogens with two attached hydrogens (primary N) is 3. The van der Waals surface area contributed by atoms with Gasteiger partial charge in [0.25, 0.3) is 5.91 Å². The molecule has 2 aromatic rings. The molecule has 3 heterocycles. The highest BCUT2D eigenvalue weighted by atomic mass is 32.2. The fourth-order valence-corrected chi connectivity index (χ4v) is 5.51. The molecule has 0 aliphatic carbocycles. The van der Waals surface area contributed by atoms with E-state index in [1.54, 1.807) is 18.8 Å². The van der Waals surface area contributed by atoms with Gasteiger partial charge in [-0.2, -0.15) is 5.10 Å². The van der Waals surface area contributed by atoms with E-state index in [0.717, 1.165) is 23.9 Å². The van der Waals surface area contributed by atoms with Crippen molar-refractivity contribution < 1.29 is 23.0 Å². The molecule has 1 unspecified atom stereocenters. The van der Waals surface area contributed by atoms with Gasteiger partial charge < -0.3 is 31.6 Å². The van der Waals surface area contributed by atoms with Gasteiger partial charge in [0.15, 0.2) is 0 Å². The second kappa shape index (κ2) is 9.29. The molecule has 4 atom stereocenters. The van der Waals surface area contributed by atoms with Gasteiger partial charge in [-0.05, 0) is 25.0 Å². The van der Waals surface area contributed by atoms with Gasteiger partial charge in [-0.3, -0.25) is 9.48 Å². The van der Waals surface area contributed by atoms with E-state index in [2.05, 4.69) is 5.10 Å². The topological polar surface area (TPSA) is 135 Å². The molecule has 9 nitrogen and oxygen atoms in total. The predicted molar refractivity (Wildman–Crippen MR) is 119 cm³/mol. The molecule has 0 radical (unpaired) electrons. The molecule has 1 aromatic heterocycles. The van der Waals surface area contributed by atoms with Crippen LogP contribution in [0, 0.1) is 11.6 Å². The Morgan fingerprint density at radius 3 is 2.64 bits per heavy atom. The first-order chi connectivity index (χ1) is 15.7. The number of hydrogen-bond acceptors (Lipinski definition) is 8. The van der Waals surface area contributed by atoms with Crippen LogP contribution in [0.2, 0.25) is 0 Å². The quantitative estimate of drug-likeness (QED) is 0.589. The van der Waals surface area contributed by atoms with Crippen LogP contribution in [0.5, 0.6) is 0 Å². The number of amides is 1. The SMILES string of the molecule is CO[C@H]1CO[C@H](c2c(N3C(C(N)=O)=C(N)SC3c3c(F)cccc3F)cnn2C)CC[C@H]1N. The number of thioether (sulfide) groups is 1. The number of methoxy groups -OCH3 is 1. The fraction of sp³-hybridized carbons (Fsp3) is 0.429. The lowest BCUT2D eigenvalue weighted by atomic mass is 10.0. The molecule has 6 N–H and O–H groups in total. The molecular weight excluding hydrogens is 454 g/mol. The number of hydrogen-bond donors (Lipinski definition) is 3. The Kier molecular flexibility index (Phi) is 6.61. The van der Waals surface area contributed by atoms with E-state index < -0.39 is 29.0 Å². The van der Waals surface area contributed by atoms with Crippen LogP contribution in [0.3, 0.4) is 0 Å². The van der Waals surface area contributed by atoms with Crippen LogP contribution in [0.1, 0.15) is 35.6 Å². The number of anilines is 1. The number of aromatic nitrogens is 2. The third kappa shape index (κ3) is 4.19. The first-order valence-corrected chi connectivity index (χ1v) is 11.2. The molecule has 0 bridgehead atoms. The summed E-state index contributed by atoms with van der Waals surface area (Å²) in [5, 5.41) is 3.40. The van der Waals surface area contributed by atoms with E-state index in [0.29, 0.717) is 24.2 Å². The summed E-state index contributed by atoms with van der Waals surface area (Å²) < 4.78 is 42.6. The second-order valence-corrected chi connectivity index (χ2v) is 9.05. The van der Waals surface area contributed by atoms with Crippen molar-refractivity contribution in [2.24, 2.45) is 24.2 Å². The van der Waals surface area contributed by atoms with Crippen LogP contribution < -0.4 is 22.1 Å². The summed E-state index contributed by atoms with van der Waals surface area (Å²) in [7, 11) is 3.30. The van der Waals surface area contributed by atoms with Crippen LogP contribution >= 0.6 is 11.8 Å². The third-order valence-electron chi connectivity index (χ3n) is 5.96. The van der Waals surface area contributed by atoms with Crippen LogP contribution in [-0.2, 0) is 21.3 Å². The Hall–Kier alpha value is -2.67. The van der Waals surface area contributed by atoms with Crippen molar-refractivity contribution in [3.63, 3.8) is 0 Å². The first-order valence-electron chi connectivity index (χ1n) is 10.4. The summed E-state index contributed by atoms with van der Waals surface area (Å²) >= 11 is 0.944. The number of ether oxygens (including phenoxy) is 2. The first kappa shape index (κ1) is 23.5. The van der Waals surface area contributed by atoms with E-state index in [1.807, 2.05) is 0 Å². The molecule has 1 fully saturated rings. The van der Waals surface area contributed by atoms with Crippen molar-refractivity contribution in [1.82, 2.24) is 9.78 Å². The smallest absolute Gasteiger partial charge is 0.268 e. The lowest BCUT2D eigenvalue weighted by Gasteiger charge is -2.29. The average molecular weight is 481 g/mol. The number of primary amides is 1. The Bertz CT molecular complexity index is 1070. The maximum absolute atomic E-state index is 14.8. The molecule has 1 aromatic carbocycles. The van der Waals surface area contributed by atoms with Gasteiger partial charge in [0.1, 0.15) is 28.8 Å². The molecule has 12 heteroatoms. The second-order valence-electron chi connectivity index (χ2n) is 7.93. The van der Waals surface area contributed by atoms with Crippen molar-refractivity contribution in [3.05, 3.63) is 58.0 Å². The summed E-state index contributed by atoms with van der Waals surface area (Å²) in [6.07, 6.45) is 1.95. The van der Waals surface area contributed by atoms with Gasteiger partial charge in [0.2, 0.25) is 0 Å². The summed E-state index contributed by atoms with van der Waals surface area (Å²) in [4.78, 5) is 13.8. The maximum atomic E-state index is 14.8. The average Bonchev–Trinajstić information content (AvgIpc) is 3.23. The number of benzene rings is 1. The lowest BCUT2D eigenvalue weighted by Crippen LogP contribution is -2.37. The zero-order chi connectivity index (χ0) is 23.9. The molecule has 1 saturated heterocycles. The van der Waals surface area contributed by atoms with Gasteiger partial charge in [-0.25, -0.2) is 8.78 Å². The van der Waals surface area contributed by atoms with E-state index in [9.17, 15) is 13.6 Å². The monoisotopic (exact) mass is 480 g/mol. The minimum absolute atomic E-state index is 0.0537. The number of aryl methyl sites for hydroxylation is 1. The van der Waals surface area contributed by atoms with Gasteiger partial charge in [0.05, 0.1) is 40.9 Å². The Balaban J connectivity index is 1.81. The molecule has 33 heavy (non-hydrogen) atoms. The van der Waals surface area contributed by atoms with Crippen molar-refractivity contribution in [3.8, 4) is 0 Å². The minimum Gasteiger partial charge on any atom is -0.392 e. The van der Waals surface area contributed by atoms with E-state index in [4.69, 9.17) is 26.7 Å². The fourth-order valence-electron chi connectivity index (χ4n) is 4.29. The molecule has 178 valence electrons. The van der Waals surface area contributed by atoms with Crippen molar-refractivity contribution in [2.45, 2.75) is 36.5 Å². The van der Waals surface area contributed by atoms with Crippen molar-refractivity contribution in [2.75, 3.05) is 18.6 Å². The summed E-state index contributed by atoms with van der Waals surface area (Å²) in [5.74, 6) is -2.35. The molecule has 0 spiro atoms. The highest BCUT2D eigenvalue weighted by Crippen LogP contribution is 2.51. The Morgan fingerprint density at radius 1 is 1.30 bits per heavy atom. The van der Waals surface area contributed by atoms with E-state index in [-0.39, 0.29) is 35.0 Å². The summed E-state index contributed by atoms with van der Waals surface area (Å²) in [5.41, 5.74) is 18.7. The van der Waals surface area contributed by atoms with Gasteiger partial charge in [0, 0.05) is 20.2 Å². The Morgan fingerprint density at radius 2 is 2.00 bits per heavy atom. The molecule has 2 aliphatic heterocycles. The number of nitrogens with zero attached hydrogens (tertiary/aromatic N) is 3. The maximum Gasteiger partial charge on any atom is 0.268 e. The lowest BCUT2D eigenvalue weighted by molar-refractivity contribution is -0.114. The molecular formula is C21H26F2N6O3S. The van der Waals surface area contributed by atoms with Crippen molar-refractivity contribution >= 4 is 23.4 Å². The number of carbonyl (C=O) groups is 1. The van der Waals surface area contributed by atoms with Crippen molar-refractivity contribution in [1.29, 1.82) is 0 Å². The number of carbonyl (C=O) groups excluding carboxylic acids is 1. The third-order valence-corrected chi connectivity index (χ3v) is 7.08. The number of rotatable bonds is 5. The summed E-state index contributed by atoms with van der Waals surface area (Å²) in [6.45, 7) is 0.258. The number of halogens is 2. The van der Waals surface area contributed by atoms with Gasteiger partial charge in [-0.15, -0.1) is 0 Å². The minimum atomic E-state index is -1.00. The largest absolute Gasteiger partial charge is 0.392 e. The highest BCUT2D eigenvalue weighted by molar-refractivity contribution is 8.03. The Labute approximate surface area is 193 Å². The van der Waals surface area contributed by atoms with Crippen LogP contribution in [-0.4, -0.2) is 41.6 Å². The molecule has 1 amide bonds. The van der Waals surface area contributed by atoms with E-state index in [1.165, 1.54) is 17.2 Å². The highest BCUT2D eigenvalue weighted by Gasteiger charge is 2.42. The molecule has 0 saturated carbocycles. The normalized spacial score (nSPS) is 26.0.